The molecule has 0 spiro atoms. The Hall–Kier alpha value is -2.01. The molecule has 0 unspecified atom stereocenters. The van der Waals surface area contributed by atoms with Crippen molar-refractivity contribution >= 4 is 5.78 Å². The molecule has 0 aliphatic rings. The van der Waals surface area contributed by atoms with E-state index in [0.717, 1.165) is 11.6 Å². The zero-order valence-electron chi connectivity index (χ0n) is 10.4. The molecule has 0 bridgehead atoms. The summed E-state index contributed by atoms with van der Waals surface area (Å²) in [5.41, 5.74) is 0.829. The maximum absolute atomic E-state index is 13.4. The number of likely N-dealkylation sites (N-methyl/N-ethyl adjacent to an activating group) is 1. The molecule has 2 aromatic rings. The predicted molar refractivity (Wildman–Crippen MR) is 65.7 cm³/mol. The number of rotatable bonds is 5. The number of halogens is 2. The number of Topliss-reactive ketones (excluding diaryl/α,β-unsaturated/α-hetero) is 1. The first kappa shape index (κ1) is 13.4. The third-order valence-electron chi connectivity index (χ3n) is 2.68. The Kier molecular flexibility index (Phi) is 4.06. The fourth-order valence-electron chi connectivity index (χ4n) is 1.80. The van der Waals surface area contributed by atoms with Gasteiger partial charge in [0.2, 0.25) is 0 Å². The number of ketones is 1. The maximum atomic E-state index is 13.4. The number of furan rings is 1. The fraction of sp³-hybridized carbons (Fsp3) is 0.214. The highest BCUT2D eigenvalue weighted by atomic mass is 19.1. The first-order valence-electron chi connectivity index (χ1n) is 5.74. The number of hydrogen-bond donors (Lipinski definition) is 0. The Morgan fingerprint density at radius 1 is 1.32 bits per heavy atom. The lowest BCUT2D eigenvalue weighted by Gasteiger charge is -2.14. The van der Waals surface area contributed by atoms with Crippen molar-refractivity contribution in [1.29, 1.82) is 0 Å². The van der Waals surface area contributed by atoms with Crippen molar-refractivity contribution in [2.45, 2.75) is 6.54 Å². The molecule has 0 aliphatic heterocycles. The second-order valence-electron chi connectivity index (χ2n) is 4.35. The highest BCUT2D eigenvalue weighted by molar-refractivity contribution is 5.97. The SMILES string of the molecule is CN(CC(=O)c1ccc(F)cc1F)Cc1ccoc1. The first-order chi connectivity index (χ1) is 9.06. The van der Waals surface area contributed by atoms with Crippen LogP contribution in [0.15, 0.2) is 41.2 Å². The summed E-state index contributed by atoms with van der Waals surface area (Å²) in [7, 11) is 1.74. The van der Waals surface area contributed by atoms with Crippen molar-refractivity contribution in [2.24, 2.45) is 0 Å². The molecule has 0 amide bonds. The third kappa shape index (κ3) is 3.48. The van der Waals surface area contributed by atoms with Crippen LogP contribution < -0.4 is 0 Å². The van der Waals surface area contributed by atoms with E-state index in [-0.39, 0.29) is 17.9 Å². The Balaban J connectivity index is 2.00. The van der Waals surface area contributed by atoms with Gasteiger partial charge < -0.3 is 4.42 Å². The number of carbonyl (C=O) groups excluding carboxylic acids is 1. The average Bonchev–Trinajstić information content (AvgIpc) is 2.81. The molecular weight excluding hydrogens is 252 g/mol. The van der Waals surface area contributed by atoms with E-state index in [4.69, 9.17) is 4.42 Å². The standard InChI is InChI=1S/C14H13F2NO2/c1-17(7-10-4-5-19-9-10)8-14(18)12-3-2-11(15)6-13(12)16/h2-6,9H,7-8H2,1H3. The van der Waals surface area contributed by atoms with Crippen LogP contribution in [0.5, 0.6) is 0 Å². The van der Waals surface area contributed by atoms with Crippen LogP contribution in [-0.2, 0) is 6.54 Å². The lowest BCUT2D eigenvalue weighted by molar-refractivity contribution is 0.0939. The molecule has 0 aliphatic carbocycles. The predicted octanol–water partition coefficient (Wildman–Crippen LogP) is 2.87. The van der Waals surface area contributed by atoms with Gasteiger partial charge in [0.1, 0.15) is 11.6 Å². The summed E-state index contributed by atoms with van der Waals surface area (Å²) < 4.78 is 31.1. The number of benzene rings is 1. The van der Waals surface area contributed by atoms with E-state index in [9.17, 15) is 13.6 Å². The molecule has 0 atom stereocenters. The molecule has 19 heavy (non-hydrogen) atoms. The van der Waals surface area contributed by atoms with Crippen molar-refractivity contribution in [1.82, 2.24) is 4.90 Å². The number of carbonyl (C=O) groups is 1. The summed E-state index contributed by atoms with van der Waals surface area (Å²) in [5.74, 6) is -1.91. The van der Waals surface area contributed by atoms with E-state index in [2.05, 4.69) is 0 Å². The lowest BCUT2D eigenvalue weighted by atomic mass is 10.1. The number of hydrogen-bond acceptors (Lipinski definition) is 3. The van der Waals surface area contributed by atoms with Gasteiger partial charge in [-0.1, -0.05) is 0 Å². The minimum absolute atomic E-state index is 0.0493. The molecule has 3 nitrogen and oxygen atoms in total. The zero-order valence-corrected chi connectivity index (χ0v) is 10.4. The molecule has 1 aromatic carbocycles. The van der Waals surface area contributed by atoms with Gasteiger partial charge in [-0.3, -0.25) is 9.69 Å². The Morgan fingerprint density at radius 2 is 2.11 bits per heavy atom. The smallest absolute Gasteiger partial charge is 0.179 e. The topological polar surface area (TPSA) is 33.5 Å². The van der Waals surface area contributed by atoms with Gasteiger partial charge in [0.15, 0.2) is 5.78 Å². The summed E-state index contributed by atoms with van der Waals surface area (Å²) in [5, 5.41) is 0. The van der Waals surface area contributed by atoms with E-state index in [1.807, 2.05) is 0 Å². The van der Waals surface area contributed by atoms with Gasteiger partial charge in [0, 0.05) is 18.2 Å². The molecule has 0 saturated carbocycles. The summed E-state index contributed by atoms with van der Waals surface area (Å²) >= 11 is 0. The van der Waals surface area contributed by atoms with Crippen LogP contribution in [-0.4, -0.2) is 24.3 Å². The van der Waals surface area contributed by atoms with Gasteiger partial charge in [0.25, 0.3) is 0 Å². The largest absolute Gasteiger partial charge is 0.472 e. The second-order valence-corrected chi connectivity index (χ2v) is 4.35. The van der Waals surface area contributed by atoms with E-state index in [1.165, 1.54) is 6.07 Å². The first-order valence-corrected chi connectivity index (χ1v) is 5.74. The van der Waals surface area contributed by atoms with Crippen LogP contribution in [0, 0.1) is 11.6 Å². The monoisotopic (exact) mass is 265 g/mol. The lowest BCUT2D eigenvalue weighted by Crippen LogP contribution is -2.26. The van der Waals surface area contributed by atoms with Crippen LogP contribution in [0.3, 0.4) is 0 Å². The molecule has 0 N–H and O–H groups in total. The van der Waals surface area contributed by atoms with E-state index < -0.39 is 11.6 Å². The van der Waals surface area contributed by atoms with Crippen molar-refractivity contribution in [3.05, 3.63) is 59.6 Å². The molecule has 0 saturated heterocycles. The van der Waals surface area contributed by atoms with Crippen LogP contribution in [0.4, 0.5) is 8.78 Å². The van der Waals surface area contributed by atoms with Gasteiger partial charge in [-0.05, 0) is 25.2 Å². The normalized spacial score (nSPS) is 10.9. The summed E-state index contributed by atoms with van der Waals surface area (Å²) in [6.45, 7) is 0.568. The minimum Gasteiger partial charge on any atom is -0.472 e. The molecule has 5 heteroatoms. The average molecular weight is 265 g/mol. The fourth-order valence-corrected chi connectivity index (χ4v) is 1.80. The molecule has 100 valence electrons. The summed E-state index contributed by atoms with van der Waals surface area (Å²) in [4.78, 5) is 13.6. The van der Waals surface area contributed by atoms with Gasteiger partial charge >= 0.3 is 0 Å². The van der Waals surface area contributed by atoms with Crippen molar-refractivity contribution in [2.75, 3.05) is 13.6 Å². The van der Waals surface area contributed by atoms with Gasteiger partial charge in [0.05, 0.1) is 24.6 Å². The van der Waals surface area contributed by atoms with Gasteiger partial charge in [-0.15, -0.1) is 0 Å². The highest BCUT2D eigenvalue weighted by Crippen LogP contribution is 2.11. The second kappa shape index (κ2) is 5.75. The van der Waals surface area contributed by atoms with Crippen LogP contribution >= 0.6 is 0 Å². The van der Waals surface area contributed by atoms with Crippen molar-refractivity contribution in [3.63, 3.8) is 0 Å². The highest BCUT2D eigenvalue weighted by Gasteiger charge is 2.14. The van der Waals surface area contributed by atoms with Crippen LogP contribution in [0.25, 0.3) is 0 Å². The quantitative estimate of drug-likeness (QED) is 0.779. The van der Waals surface area contributed by atoms with Gasteiger partial charge in [-0.2, -0.15) is 0 Å². The van der Waals surface area contributed by atoms with Crippen molar-refractivity contribution < 1.29 is 18.0 Å². The minimum atomic E-state index is -0.832. The summed E-state index contributed by atoms with van der Waals surface area (Å²) in [6.07, 6.45) is 3.13. The van der Waals surface area contributed by atoms with Crippen LogP contribution in [0.2, 0.25) is 0 Å². The third-order valence-corrected chi connectivity index (χ3v) is 2.68. The molecule has 1 aromatic heterocycles. The summed E-state index contributed by atoms with van der Waals surface area (Å²) in [6, 6.07) is 4.74. The maximum Gasteiger partial charge on any atom is 0.179 e. The molecule has 1 heterocycles. The molecule has 0 fully saturated rings. The van der Waals surface area contributed by atoms with E-state index in [0.29, 0.717) is 12.6 Å². The van der Waals surface area contributed by atoms with E-state index in [1.54, 1.807) is 30.5 Å². The van der Waals surface area contributed by atoms with Crippen LogP contribution in [0.1, 0.15) is 15.9 Å². The Labute approximate surface area is 109 Å². The molecule has 2 rings (SSSR count). The Morgan fingerprint density at radius 3 is 2.74 bits per heavy atom. The number of nitrogens with zero attached hydrogens (tertiary/aromatic N) is 1. The Bertz CT molecular complexity index is 567. The molecule has 0 radical (unpaired) electrons. The van der Waals surface area contributed by atoms with E-state index >= 15 is 0 Å². The molecular formula is C14H13F2NO2. The van der Waals surface area contributed by atoms with Crippen molar-refractivity contribution in [3.8, 4) is 0 Å². The zero-order chi connectivity index (χ0) is 13.8. The van der Waals surface area contributed by atoms with Gasteiger partial charge in [-0.25, -0.2) is 8.78 Å².